The number of fused-ring (bicyclic) bond motifs is 1. The van der Waals surface area contributed by atoms with Crippen LogP contribution in [0.2, 0.25) is 0 Å². The summed E-state index contributed by atoms with van der Waals surface area (Å²) in [4.78, 5) is 4.58. The van der Waals surface area contributed by atoms with Crippen molar-refractivity contribution in [1.82, 2.24) is 4.98 Å². The second kappa shape index (κ2) is 4.21. The van der Waals surface area contributed by atoms with Crippen LogP contribution in [0, 0.1) is 20.8 Å². The summed E-state index contributed by atoms with van der Waals surface area (Å²) in [6.45, 7) is 8.41. The fraction of sp³-hybridized carbons (Fsp3) is 0.462. The highest BCUT2D eigenvalue weighted by atomic mass is 79.9. The minimum Gasteiger partial charge on any atom is -0.440 e. The van der Waals surface area contributed by atoms with E-state index in [0.717, 1.165) is 39.9 Å². The van der Waals surface area contributed by atoms with E-state index in [2.05, 4.69) is 48.6 Å². The van der Waals surface area contributed by atoms with Crippen LogP contribution in [0.1, 0.15) is 35.9 Å². The molecular formula is C13H16BrNO. The molecule has 1 aromatic carbocycles. The van der Waals surface area contributed by atoms with E-state index in [4.69, 9.17) is 4.42 Å². The van der Waals surface area contributed by atoms with Gasteiger partial charge in [-0.25, -0.2) is 4.98 Å². The van der Waals surface area contributed by atoms with Crippen molar-refractivity contribution < 1.29 is 4.42 Å². The molecule has 0 saturated carbocycles. The third kappa shape index (κ3) is 1.67. The Balaban J connectivity index is 2.76. The third-order valence-electron chi connectivity index (χ3n) is 3.05. The summed E-state index contributed by atoms with van der Waals surface area (Å²) in [5.41, 5.74) is 5.55. The number of nitrogens with zero attached hydrogens (tertiary/aromatic N) is 1. The Kier molecular flexibility index (Phi) is 3.06. The number of oxazole rings is 1. The molecule has 0 radical (unpaired) electrons. The van der Waals surface area contributed by atoms with Crippen LogP contribution >= 0.6 is 15.9 Å². The minimum atomic E-state index is 0.848. The lowest BCUT2D eigenvalue weighted by Crippen LogP contribution is -1.89. The van der Waals surface area contributed by atoms with Crippen molar-refractivity contribution in [3.05, 3.63) is 27.1 Å². The van der Waals surface area contributed by atoms with E-state index in [1.54, 1.807) is 0 Å². The van der Waals surface area contributed by atoms with Gasteiger partial charge in [0.1, 0.15) is 5.52 Å². The molecule has 2 rings (SSSR count). The highest BCUT2D eigenvalue weighted by Gasteiger charge is 2.15. The van der Waals surface area contributed by atoms with E-state index in [9.17, 15) is 0 Å². The molecule has 0 atom stereocenters. The second-order valence-corrected chi connectivity index (χ2v) is 5.02. The van der Waals surface area contributed by atoms with E-state index in [-0.39, 0.29) is 0 Å². The van der Waals surface area contributed by atoms with Crippen LogP contribution in [-0.2, 0) is 6.42 Å². The topological polar surface area (TPSA) is 26.0 Å². The van der Waals surface area contributed by atoms with Crippen LogP contribution in [0.5, 0.6) is 0 Å². The maximum atomic E-state index is 5.81. The van der Waals surface area contributed by atoms with Crippen molar-refractivity contribution in [3.63, 3.8) is 0 Å². The van der Waals surface area contributed by atoms with Gasteiger partial charge in [-0.3, -0.25) is 0 Å². The number of aryl methyl sites for hydroxylation is 3. The summed E-state index contributed by atoms with van der Waals surface area (Å²) >= 11 is 3.61. The third-order valence-corrected chi connectivity index (χ3v) is 4.24. The molecule has 1 aromatic heterocycles. The van der Waals surface area contributed by atoms with Gasteiger partial charge in [-0.05, 0) is 38.3 Å². The summed E-state index contributed by atoms with van der Waals surface area (Å²) < 4.78 is 6.95. The highest BCUT2D eigenvalue weighted by molar-refractivity contribution is 9.10. The van der Waals surface area contributed by atoms with Crippen LogP contribution in [0.4, 0.5) is 0 Å². The lowest BCUT2D eigenvalue weighted by molar-refractivity contribution is 0.523. The van der Waals surface area contributed by atoms with Crippen molar-refractivity contribution >= 4 is 27.0 Å². The SMILES string of the molecule is CCCc1nc2c(C)c(C)c(Br)c(C)c2o1. The fourth-order valence-corrected chi connectivity index (χ4v) is 2.39. The Bertz CT molecular complexity index is 498. The van der Waals surface area contributed by atoms with Crippen molar-refractivity contribution in [2.24, 2.45) is 0 Å². The quantitative estimate of drug-likeness (QED) is 0.812. The first kappa shape index (κ1) is 11.6. The van der Waals surface area contributed by atoms with Crippen molar-refractivity contribution in [1.29, 1.82) is 0 Å². The Morgan fingerprint density at radius 1 is 1.12 bits per heavy atom. The van der Waals surface area contributed by atoms with Crippen LogP contribution in [0.15, 0.2) is 8.89 Å². The van der Waals surface area contributed by atoms with Gasteiger partial charge in [0.25, 0.3) is 0 Å². The number of aromatic nitrogens is 1. The largest absolute Gasteiger partial charge is 0.440 e. The number of hydrogen-bond donors (Lipinski definition) is 0. The van der Waals surface area contributed by atoms with Gasteiger partial charge >= 0.3 is 0 Å². The smallest absolute Gasteiger partial charge is 0.195 e. The molecule has 2 aromatic rings. The van der Waals surface area contributed by atoms with E-state index in [0.29, 0.717) is 0 Å². The molecule has 86 valence electrons. The first-order chi connectivity index (χ1) is 7.56. The zero-order chi connectivity index (χ0) is 11.9. The van der Waals surface area contributed by atoms with Crippen LogP contribution < -0.4 is 0 Å². The molecule has 16 heavy (non-hydrogen) atoms. The van der Waals surface area contributed by atoms with Crippen molar-refractivity contribution in [2.75, 3.05) is 0 Å². The average molecular weight is 282 g/mol. The van der Waals surface area contributed by atoms with Gasteiger partial charge < -0.3 is 4.42 Å². The monoisotopic (exact) mass is 281 g/mol. The maximum Gasteiger partial charge on any atom is 0.195 e. The van der Waals surface area contributed by atoms with Crippen molar-refractivity contribution in [3.8, 4) is 0 Å². The molecule has 0 N–H and O–H groups in total. The summed E-state index contributed by atoms with van der Waals surface area (Å²) in [5.74, 6) is 0.848. The Morgan fingerprint density at radius 2 is 1.81 bits per heavy atom. The van der Waals surface area contributed by atoms with Crippen LogP contribution in [-0.4, -0.2) is 4.98 Å². The molecule has 0 aliphatic rings. The van der Waals surface area contributed by atoms with Gasteiger partial charge in [-0.1, -0.05) is 22.9 Å². The Labute approximate surface area is 104 Å². The molecule has 0 aliphatic heterocycles. The van der Waals surface area contributed by atoms with E-state index in [1.165, 1.54) is 11.1 Å². The van der Waals surface area contributed by atoms with E-state index in [1.807, 2.05) is 0 Å². The summed E-state index contributed by atoms with van der Waals surface area (Å²) in [6, 6.07) is 0. The van der Waals surface area contributed by atoms with Gasteiger partial charge in [0.05, 0.1) is 0 Å². The maximum absolute atomic E-state index is 5.81. The average Bonchev–Trinajstić information content (AvgIpc) is 2.68. The van der Waals surface area contributed by atoms with Gasteiger partial charge in [0.2, 0.25) is 0 Å². The number of halogens is 1. The van der Waals surface area contributed by atoms with Gasteiger partial charge in [-0.15, -0.1) is 0 Å². The Hall–Kier alpha value is -0.830. The van der Waals surface area contributed by atoms with Crippen LogP contribution in [0.3, 0.4) is 0 Å². The molecule has 0 aliphatic carbocycles. The number of rotatable bonds is 2. The Morgan fingerprint density at radius 3 is 2.44 bits per heavy atom. The molecule has 0 saturated heterocycles. The molecule has 0 unspecified atom stereocenters. The van der Waals surface area contributed by atoms with E-state index >= 15 is 0 Å². The lowest BCUT2D eigenvalue weighted by Gasteiger charge is -2.06. The lowest BCUT2D eigenvalue weighted by atomic mass is 10.1. The molecule has 3 heteroatoms. The zero-order valence-electron chi connectivity index (χ0n) is 10.1. The minimum absolute atomic E-state index is 0.848. The van der Waals surface area contributed by atoms with Crippen LogP contribution in [0.25, 0.3) is 11.1 Å². The predicted molar refractivity (Wildman–Crippen MR) is 69.9 cm³/mol. The summed E-state index contributed by atoms with van der Waals surface area (Å²) in [6.07, 6.45) is 1.97. The van der Waals surface area contributed by atoms with Gasteiger partial charge in [-0.2, -0.15) is 0 Å². The molecule has 2 nitrogen and oxygen atoms in total. The normalized spacial score (nSPS) is 11.3. The van der Waals surface area contributed by atoms with Gasteiger partial charge in [0.15, 0.2) is 11.5 Å². The second-order valence-electron chi connectivity index (χ2n) is 4.22. The summed E-state index contributed by atoms with van der Waals surface area (Å²) in [5, 5.41) is 0. The standard InChI is InChI=1S/C13H16BrNO/c1-5-6-10-15-12-8(3)7(2)11(14)9(4)13(12)16-10/h5-6H2,1-4H3. The number of benzene rings is 1. The molecular weight excluding hydrogens is 266 g/mol. The zero-order valence-corrected chi connectivity index (χ0v) is 11.7. The fourth-order valence-electron chi connectivity index (χ4n) is 1.92. The first-order valence-electron chi connectivity index (χ1n) is 5.61. The van der Waals surface area contributed by atoms with Crippen molar-refractivity contribution in [2.45, 2.75) is 40.5 Å². The molecule has 0 bridgehead atoms. The predicted octanol–water partition coefficient (Wildman–Crippen LogP) is 4.47. The molecule has 1 heterocycles. The molecule has 0 fully saturated rings. The molecule has 0 amide bonds. The molecule has 0 spiro atoms. The number of hydrogen-bond acceptors (Lipinski definition) is 2. The highest BCUT2D eigenvalue weighted by Crippen LogP contribution is 2.33. The van der Waals surface area contributed by atoms with Gasteiger partial charge in [0, 0.05) is 16.5 Å². The summed E-state index contributed by atoms with van der Waals surface area (Å²) in [7, 11) is 0. The van der Waals surface area contributed by atoms with E-state index < -0.39 is 0 Å². The first-order valence-corrected chi connectivity index (χ1v) is 6.40.